The molecule has 0 saturated heterocycles. The zero-order valence-corrected chi connectivity index (χ0v) is 16.9. The number of nitrogen functional groups attached to an aromatic ring is 1. The second-order valence-electron chi connectivity index (χ2n) is 7.76. The van der Waals surface area contributed by atoms with Crippen LogP contribution in [0.5, 0.6) is 5.75 Å². The third-order valence-corrected chi connectivity index (χ3v) is 5.64. The van der Waals surface area contributed by atoms with Gasteiger partial charge in [0.1, 0.15) is 0 Å². The number of anilines is 1. The second kappa shape index (κ2) is 7.67. The van der Waals surface area contributed by atoms with E-state index in [1.807, 2.05) is 74.5 Å². The predicted octanol–water partition coefficient (Wildman–Crippen LogP) is 2.77. The second-order valence-corrected chi connectivity index (χ2v) is 7.76. The number of hydrogen-bond acceptors (Lipinski definition) is 5. The number of carbonyl (C=O) groups excluding carboxylic acids is 1. The molecule has 0 radical (unpaired) electrons. The summed E-state index contributed by atoms with van der Waals surface area (Å²) in [7, 11) is 0. The molecule has 0 spiro atoms. The third kappa shape index (κ3) is 3.22. The van der Waals surface area contributed by atoms with Gasteiger partial charge in [-0.25, -0.2) is 0 Å². The number of nitrogens with zero attached hydrogens (tertiary/aromatic N) is 3. The van der Waals surface area contributed by atoms with E-state index in [1.54, 1.807) is 4.90 Å². The average molecular weight is 404 g/mol. The molecule has 1 aliphatic rings. The first-order valence-corrected chi connectivity index (χ1v) is 9.92. The molecular formula is C23H24N4O3. The maximum absolute atomic E-state index is 13.1. The number of hydrogen-bond donors (Lipinski definition) is 2. The van der Waals surface area contributed by atoms with Crippen molar-refractivity contribution in [1.29, 1.82) is 0 Å². The van der Waals surface area contributed by atoms with Gasteiger partial charge in [-0.15, -0.1) is 0 Å². The van der Waals surface area contributed by atoms with Gasteiger partial charge in [-0.05, 0) is 25.0 Å². The van der Waals surface area contributed by atoms with Crippen LogP contribution in [-0.2, 0) is 0 Å². The number of benzene rings is 2. The van der Waals surface area contributed by atoms with Crippen LogP contribution in [0.15, 0.2) is 65.5 Å². The van der Waals surface area contributed by atoms with Gasteiger partial charge in [-0.1, -0.05) is 60.7 Å². The van der Waals surface area contributed by atoms with E-state index in [9.17, 15) is 14.7 Å². The lowest BCUT2D eigenvalue weighted by Gasteiger charge is -2.42. The molecule has 30 heavy (non-hydrogen) atoms. The van der Waals surface area contributed by atoms with Crippen LogP contribution in [0, 0.1) is 0 Å². The Hall–Kier alpha value is -3.61. The normalized spacial score (nSPS) is 16.2. The number of aromatic nitrogens is 2. The van der Waals surface area contributed by atoms with Crippen molar-refractivity contribution >= 4 is 11.9 Å². The fraction of sp³-hybridized carbons (Fsp3) is 0.261. The molecule has 1 amide bonds. The molecule has 0 saturated carbocycles. The van der Waals surface area contributed by atoms with Crippen LogP contribution in [0.4, 0.5) is 5.95 Å². The van der Waals surface area contributed by atoms with Crippen LogP contribution in [-0.4, -0.2) is 38.1 Å². The molecule has 7 heteroatoms. The smallest absolute Gasteiger partial charge is 0.317 e. The van der Waals surface area contributed by atoms with Gasteiger partial charge in [-0.2, -0.15) is 4.98 Å². The molecule has 0 fully saturated rings. The van der Waals surface area contributed by atoms with Gasteiger partial charge in [0.15, 0.2) is 5.69 Å². The molecule has 1 aliphatic heterocycles. The number of aromatic hydroxyl groups is 1. The summed E-state index contributed by atoms with van der Waals surface area (Å²) >= 11 is 0. The van der Waals surface area contributed by atoms with Crippen molar-refractivity contribution in [3.63, 3.8) is 0 Å². The average Bonchev–Trinajstić information content (AvgIpc) is 2.74. The highest BCUT2D eigenvalue weighted by atomic mass is 16.3. The first-order chi connectivity index (χ1) is 14.4. The quantitative estimate of drug-likeness (QED) is 0.696. The molecule has 0 unspecified atom stereocenters. The molecule has 3 N–H and O–H groups in total. The van der Waals surface area contributed by atoms with E-state index in [1.165, 1.54) is 4.57 Å². The Morgan fingerprint density at radius 1 is 1.00 bits per heavy atom. The lowest BCUT2D eigenvalue weighted by atomic mass is 9.83. The summed E-state index contributed by atoms with van der Waals surface area (Å²) in [6, 6.07) is 19.4. The van der Waals surface area contributed by atoms with Crippen LogP contribution in [0.1, 0.15) is 47.4 Å². The lowest BCUT2D eigenvalue weighted by Crippen LogP contribution is -2.49. The standard InChI is InChI=1S/C23H24N4O3/c1-14(2)26-13-17(27-19(22(26)30)20(28)21(29)25-23(27)24)18(15-9-5-3-6-10-15)16-11-7-4-8-12-16/h3-12,14,17-18,28H,13H2,1-2H3,(H2,24,25,29)/t17-/m1/s1. The molecule has 1 atom stereocenters. The van der Waals surface area contributed by atoms with Gasteiger partial charge in [0.2, 0.25) is 11.7 Å². The molecule has 0 bridgehead atoms. The van der Waals surface area contributed by atoms with E-state index in [4.69, 9.17) is 5.73 Å². The van der Waals surface area contributed by atoms with Crippen molar-refractivity contribution < 1.29 is 9.90 Å². The van der Waals surface area contributed by atoms with Crippen molar-refractivity contribution in [1.82, 2.24) is 14.5 Å². The molecule has 2 aromatic carbocycles. The Morgan fingerprint density at radius 2 is 1.53 bits per heavy atom. The molecule has 1 aromatic heterocycles. The van der Waals surface area contributed by atoms with Gasteiger partial charge < -0.3 is 15.7 Å². The molecule has 0 aliphatic carbocycles. The minimum Gasteiger partial charge on any atom is -0.501 e. The monoisotopic (exact) mass is 404 g/mol. The van der Waals surface area contributed by atoms with Gasteiger partial charge >= 0.3 is 5.56 Å². The summed E-state index contributed by atoms with van der Waals surface area (Å²) in [5.41, 5.74) is 7.23. The number of carbonyl (C=O) groups is 1. The maximum atomic E-state index is 13.1. The highest BCUT2D eigenvalue weighted by molar-refractivity contribution is 5.96. The van der Waals surface area contributed by atoms with E-state index >= 15 is 0 Å². The SMILES string of the molecule is CC(C)N1C[C@H](C(c2ccccc2)c2ccccc2)n2c(N)nc(=O)c(O)c2C1=O. The molecule has 154 valence electrons. The van der Waals surface area contributed by atoms with E-state index in [0.29, 0.717) is 6.54 Å². The summed E-state index contributed by atoms with van der Waals surface area (Å²) < 4.78 is 1.53. The lowest BCUT2D eigenvalue weighted by molar-refractivity contribution is 0.0588. The summed E-state index contributed by atoms with van der Waals surface area (Å²) in [5, 5.41) is 10.5. The zero-order valence-electron chi connectivity index (χ0n) is 16.9. The van der Waals surface area contributed by atoms with E-state index in [-0.39, 0.29) is 29.6 Å². The van der Waals surface area contributed by atoms with Gasteiger partial charge in [-0.3, -0.25) is 14.2 Å². The number of nitrogens with two attached hydrogens (primary N) is 1. The van der Waals surface area contributed by atoms with Crippen LogP contribution in [0.3, 0.4) is 0 Å². The highest BCUT2D eigenvalue weighted by Crippen LogP contribution is 2.41. The van der Waals surface area contributed by atoms with E-state index in [0.717, 1.165) is 11.1 Å². The van der Waals surface area contributed by atoms with Crippen molar-refractivity contribution in [2.75, 3.05) is 12.3 Å². The Balaban J connectivity index is 2.00. The summed E-state index contributed by atoms with van der Waals surface area (Å²) in [6.45, 7) is 4.18. The van der Waals surface area contributed by atoms with Crippen molar-refractivity contribution in [2.24, 2.45) is 0 Å². The van der Waals surface area contributed by atoms with Crippen molar-refractivity contribution in [3.8, 4) is 5.75 Å². The largest absolute Gasteiger partial charge is 0.501 e. The van der Waals surface area contributed by atoms with E-state index < -0.39 is 17.2 Å². The van der Waals surface area contributed by atoms with Crippen LogP contribution in [0.2, 0.25) is 0 Å². The van der Waals surface area contributed by atoms with Crippen molar-refractivity contribution in [3.05, 3.63) is 87.8 Å². The fourth-order valence-corrected chi connectivity index (χ4v) is 4.24. The number of fused-ring (bicyclic) bond motifs is 1. The Bertz CT molecular complexity index is 1090. The van der Waals surface area contributed by atoms with Crippen LogP contribution < -0.4 is 11.3 Å². The Kier molecular flexibility index (Phi) is 5.03. The highest BCUT2D eigenvalue weighted by Gasteiger charge is 2.41. The van der Waals surface area contributed by atoms with Crippen LogP contribution in [0.25, 0.3) is 0 Å². The summed E-state index contributed by atoms with van der Waals surface area (Å²) in [4.78, 5) is 30.7. The van der Waals surface area contributed by atoms with E-state index in [2.05, 4.69) is 4.98 Å². The van der Waals surface area contributed by atoms with Gasteiger partial charge in [0.05, 0.1) is 6.04 Å². The molecular weight excluding hydrogens is 380 g/mol. The molecule has 2 heterocycles. The minimum absolute atomic E-state index is 0.0774. The van der Waals surface area contributed by atoms with Crippen LogP contribution >= 0.6 is 0 Å². The predicted molar refractivity (Wildman–Crippen MR) is 115 cm³/mol. The summed E-state index contributed by atoms with van der Waals surface area (Å²) in [5.74, 6) is -1.34. The summed E-state index contributed by atoms with van der Waals surface area (Å²) in [6.07, 6.45) is 0. The Morgan fingerprint density at radius 3 is 2.03 bits per heavy atom. The zero-order chi connectivity index (χ0) is 21.4. The topological polar surface area (TPSA) is 101 Å². The third-order valence-electron chi connectivity index (χ3n) is 5.64. The first-order valence-electron chi connectivity index (χ1n) is 9.92. The minimum atomic E-state index is -0.896. The Labute approximate surface area is 174 Å². The molecule has 7 nitrogen and oxygen atoms in total. The first kappa shape index (κ1) is 19.7. The number of rotatable bonds is 4. The molecule has 4 rings (SSSR count). The molecule has 3 aromatic rings. The van der Waals surface area contributed by atoms with Gasteiger partial charge in [0.25, 0.3) is 5.91 Å². The number of amides is 1. The fourth-order valence-electron chi connectivity index (χ4n) is 4.24. The van der Waals surface area contributed by atoms with Gasteiger partial charge in [0, 0.05) is 18.5 Å². The van der Waals surface area contributed by atoms with Crippen molar-refractivity contribution in [2.45, 2.75) is 31.8 Å². The maximum Gasteiger partial charge on any atom is 0.317 e.